The Labute approximate surface area is 105 Å². The van der Waals surface area contributed by atoms with E-state index >= 15 is 0 Å². The van der Waals surface area contributed by atoms with Gasteiger partial charge in [0, 0.05) is 25.3 Å². The molecule has 0 atom stereocenters. The Morgan fingerprint density at radius 2 is 1.94 bits per heavy atom. The molecule has 0 spiro atoms. The first-order valence-corrected chi connectivity index (χ1v) is 6.93. The number of benzene rings is 1. The fourth-order valence-electron chi connectivity index (χ4n) is 2.68. The highest BCUT2D eigenvalue weighted by atomic mass is 15.1. The first-order valence-electron chi connectivity index (χ1n) is 6.93. The number of hydrogen-bond donors (Lipinski definition) is 1. The topological polar surface area (TPSA) is 15.3 Å². The summed E-state index contributed by atoms with van der Waals surface area (Å²) in [7, 11) is 0. The van der Waals surface area contributed by atoms with E-state index in [1.54, 1.807) is 5.56 Å². The molecular weight excluding hydrogens is 208 g/mol. The normalized spacial score (nSPS) is 14.5. The Hall–Kier alpha value is -1.02. The summed E-state index contributed by atoms with van der Waals surface area (Å²) in [5.41, 5.74) is 4.53. The van der Waals surface area contributed by atoms with Crippen molar-refractivity contribution in [3.8, 4) is 0 Å². The molecule has 0 amide bonds. The summed E-state index contributed by atoms with van der Waals surface area (Å²) in [6, 6.07) is 6.80. The second kappa shape index (κ2) is 6.06. The average molecular weight is 232 g/mol. The van der Waals surface area contributed by atoms with Crippen molar-refractivity contribution in [2.75, 3.05) is 24.5 Å². The second-order valence-electron chi connectivity index (χ2n) is 4.83. The van der Waals surface area contributed by atoms with E-state index in [9.17, 15) is 0 Å². The monoisotopic (exact) mass is 232 g/mol. The van der Waals surface area contributed by atoms with Gasteiger partial charge in [0.25, 0.3) is 0 Å². The summed E-state index contributed by atoms with van der Waals surface area (Å²) in [6.45, 7) is 9.02. The molecule has 0 radical (unpaired) electrons. The summed E-state index contributed by atoms with van der Waals surface area (Å²) < 4.78 is 0. The highest BCUT2D eigenvalue weighted by Gasteiger charge is 2.15. The number of fused-ring (bicyclic) bond motifs is 1. The lowest BCUT2D eigenvalue weighted by Gasteiger charge is -2.29. The highest BCUT2D eigenvalue weighted by molar-refractivity contribution is 5.57. The smallest absolute Gasteiger partial charge is 0.0414 e. The van der Waals surface area contributed by atoms with E-state index in [2.05, 4.69) is 42.3 Å². The maximum absolute atomic E-state index is 3.49. The first kappa shape index (κ1) is 12.4. The largest absolute Gasteiger partial charge is 0.371 e. The van der Waals surface area contributed by atoms with E-state index in [-0.39, 0.29) is 0 Å². The average Bonchev–Trinajstić information content (AvgIpc) is 2.38. The van der Waals surface area contributed by atoms with Gasteiger partial charge in [-0.3, -0.25) is 0 Å². The van der Waals surface area contributed by atoms with Crippen LogP contribution in [0.5, 0.6) is 0 Å². The number of rotatable bonds is 5. The number of anilines is 1. The van der Waals surface area contributed by atoms with E-state index < -0.39 is 0 Å². The van der Waals surface area contributed by atoms with Gasteiger partial charge in [0.15, 0.2) is 0 Å². The van der Waals surface area contributed by atoms with Gasteiger partial charge in [-0.15, -0.1) is 0 Å². The number of hydrogen-bond acceptors (Lipinski definition) is 2. The maximum atomic E-state index is 3.49. The van der Waals surface area contributed by atoms with Gasteiger partial charge >= 0.3 is 0 Å². The zero-order valence-corrected chi connectivity index (χ0v) is 11.1. The SMILES string of the molecule is CCCN(CCC)c1cccc2c1CNCC2. The molecule has 0 aromatic heterocycles. The zero-order chi connectivity index (χ0) is 12.1. The van der Waals surface area contributed by atoms with Gasteiger partial charge in [-0.2, -0.15) is 0 Å². The summed E-state index contributed by atoms with van der Waals surface area (Å²) in [6.07, 6.45) is 3.61. The number of nitrogens with zero attached hydrogens (tertiary/aromatic N) is 1. The molecule has 0 unspecified atom stereocenters. The van der Waals surface area contributed by atoms with Crippen LogP contribution >= 0.6 is 0 Å². The minimum Gasteiger partial charge on any atom is -0.371 e. The van der Waals surface area contributed by atoms with Crippen LogP contribution in [0, 0.1) is 0 Å². The van der Waals surface area contributed by atoms with Crippen molar-refractivity contribution in [2.24, 2.45) is 0 Å². The molecule has 0 bridgehead atoms. The van der Waals surface area contributed by atoms with Crippen LogP contribution in [0.25, 0.3) is 0 Å². The minimum absolute atomic E-state index is 1.04. The predicted molar refractivity (Wildman–Crippen MR) is 74.6 cm³/mol. The van der Waals surface area contributed by atoms with Gasteiger partial charge in [-0.05, 0) is 43.0 Å². The third-order valence-corrected chi connectivity index (χ3v) is 3.45. The predicted octanol–water partition coefficient (Wildman–Crippen LogP) is 2.96. The lowest BCUT2D eigenvalue weighted by molar-refractivity contribution is 0.637. The quantitative estimate of drug-likeness (QED) is 0.839. The molecule has 0 saturated carbocycles. The maximum Gasteiger partial charge on any atom is 0.0414 e. The zero-order valence-electron chi connectivity index (χ0n) is 11.1. The fourth-order valence-corrected chi connectivity index (χ4v) is 2.68. The molecule has 0 saturated heterocycles. The highest BCUT2D eigenvalue weighted by Crippen LogP contribution is 2.26. The molecule has 1 aromatic rings. The van der Waals surface area contributed by atoms with Crippen LogP contribution in [-0.2, 0) is 13.0 Å². The van der Waals surface area contributed by atoms with Crippen molar-refractivity contribution in [3.05, 3.63) is 29.3 Å². The Bertz CT molecular complexity index is 354. The summed E-state index contributed by atoms with van der Waals surface area (Å²) in [4.78, 5) is 2.55. The van der Waals surface area contributed by atoms with Crippen LogP contribution in [0.2, 0.25) is 0 Å². The Kier molecular flexibility index (Phi) is 4.43. The van der Waals surface area contributed by atoms with Crippen molar-refractivity contribution in [3.63, 3.8) is 0 Å². The van der Waals surface area contributed by atoms with Gasteiger partial charge in [0.1, 0.15) is 0 Å². The molecule has 1 N–H and O–H groups in total. The molecular formula is C15H24N2. The van der Waals surface area contributed by atoms with Gasteiger partial charge < -0.3 is 10.2 Å². The van der Waals surface area contributed by atoms with E-state index in [4.69, 9.17) is 0 Å². The standard InChI is InChI=1S/C15H24N2/c1-3-10-17(11-4-2)15-7-5-6-13-8-9-16-12-14(13)15/h5-7,16H,3-4,8-12H2,1-2H3. The molecule has 1 aromatic carbocycles. The molecule has 1 heterocycles. The van der Waals surface area contributed by atoms with Gasteiger partial charge in [0.2, 0.25) is 0 Å². The van der Waals surface area contributed by atoms with Crippen LogP contribution in [0.1, 0.15) is 37.8 Å². The molecule has 0 aliphatic carbocycles. The third kappa shape index (κ3) is 2.81. The Morgan fingerprint density at radius 3 is 2.65 bits per heavy atom. The van der Waals surface area contributed by atoms with Gasteiger partial charge in [-0.25, -0.2) is 0 Å². The molecule has 94 valence electrons. The second-order valence-corrected chi connectivity index (χ2v) is 4.83. The number of nitrogens with one attached hydrogen (secondary N) is 1. The Balaban J connectivity index is 2.28. The fraction of sp³-hybridized carbons (Fsp3) is 0.600. The van der Waals surface area contributed by atoms with E-state index in [1.165, 1.54) is 43.6 Å². The van der Waals surface area contributed by atoms with Crippen molar-refractivity contribution < 1.29 is 0 Å². The van der Waals surface area contributed by atoms with E-state index in [0.29, 0.717) is 0 Å². The molecule has 2 heteroatoms. The summed E-state index contributed by atoms with van der Waals surface area (Å²) in [5, 5.41) is 3.49. The molecule has 17 heavy (non-hydrogen) atoms. The van der Waals surface area contributed by atoms with Crippen molar-refractivity contribution in [1.29, 1.82) is 0 Å². The van der Waals surface area contributed by atoms with Gasteiger partial charge in [0.05, 0.1) is 0 Å². The molecule has 1 aliphatic heterocycles. The lowest BCUT2D eigenvalue weighted by atomic mass is 9.98. The third-order valence-electron chi connectivity index (χ3n) is 3.45. The molecule has 1 aliphatic rings. The molecule has 0 fully saturated rings. The van der Waals surface area contributed by atoms with Crippen LogP contribution < -0.4 is 10.2 Å². The summed E-state index contributed by atoms with van der Waals surface area (Å²) >= 11 is 0. The van der Waals surface area contributed by atoms with Crippen LogP contribution in [0.4, 0.5) is 5.69 Å². The van der Waals surface area contributed by atoms with Crippen molar-refractivity contribution >= 4 is 5.69 Å². The van der Waals surface area contributed by atoms with Crippen LogP contribution in [-0.4, -0.2) is 19.6 Å². The molecule has 2 nitrogen and oxygen atoms in total. The summed E-state index contributed by atoms with van der Waals surface area (Å²) in [5.74, 6) is 0. The van der Waals surface area contributed by atoms with Crippen molar-refractivity contribution in [1.82, 2.24) is 5.32 Å². The van der Waals surface area contributed by atoms with Gasteiger partial charge in [-0.1, -0.05) is 26.0 Å². The van der Waals surface area contributed by atoms with Crippen LogP contribution in [0.15, 0.2) is 18.2 Å². The lowest BCUT2D eigenvalue weighted by Crippen LogP contribution is -2.30. The van der Waals surface area contributed by atoms with E-state index in [1.807, 2.05) is 0 Å². The van der Waals surface area contributed by atoms with E-state index in [0.717, 1.165) is 13.1 Å². The minimum atomic E-state index is 1.04. The molecule has 2 rings (SSSR count). The van der Waals surface area contributed by atoms with Crippen molar-refractivity contribution in [2.45, 2.75) is 39.7 Å². The first-order chi connectivity index (χ1) is 8.36. The Morgan fingerprint density at radius 1 is 1.18 bits per heavy atom. The van der Waals surface area contributed by atoms with Crippen LogP contribution in [0.3, 0.4) is 0 Å².